The van der Waals surface area contributed by atoms with Crippen molar-refractivity contribution in [2.24, 2.45) is 0 Å². The molecule has 0 saturated carbocycles. The van der Waals surface area contributed by atoms with E-state index in [1.165, 1.54) is 0 Å². The number of ether oxygens (including phenoxy) is 4. The Kier molecular flexibility index (Phi) is 8.16. The van der Waals surface area contributed by atoms with Gasteiger partial charge in [0, 0.05) is 17.2 Å². The van der Waals surface area contributed by atoms with Crippen LogP contribution in [-0.4, -0.2) is 29.7 Å². The normalized spacial score (nSPS) is 13.9. The Labute approximate surface area is 212 Å². The molecule has 4 rings (SSSR count). The van der Waals surface area contributed by atoms with Gasteiger partial charge in [0.1, 0.15) is 35.2 Å². The van der Waals surface area contributed by atoms with E-state index in [0.717, 1.165) is 36.1 Å². The van der Waals surface area contributed by atoms with Crippen molar-refractivity contribution in [2.45, 2.75) is 58.8 Å². The summed E-state index contributed by atoms with van der Waals surface area (Å²) in [5.41, 5.74) is 2.67. The molecule has 3 aromatic carbocycles. The lowest BCUT2D eigenvalue weighted by molar-refractivity contribution is 0.0812. The van der Waals surface area contributed by atoms with Gasteiger partial charge >= 0.3 is 0 Å². The maximum absolute atomic E-state index is 13.3. The molecule has 6 nitrogen and oxygen atoms in total. The van der Waals surface area contributed by atoms with E-state index in [9.17, 15) is 9.90 Å². The van der Waals surface area contributed by atoms with Crippen LogP contribution in [-0.2, 0) is 19.6 Å². The second kappa shape index (κ2) is 11.5. The van der Waals surface area contributed by atoms with Gasteiger partial charge in [-0.15, -0.1) is 0 Å². The lowest BCUT2D eigenvalue weighted by Crippen LogP contribution is -2.33. The Balaban J connectivity index is 1.55. The molecule has 0 bridgehead atoms. The summed E-state index contributed by atoms with van der Waals surface area (Å²) in [6.07, 6.45) is 2.44. The Morgan fingerprint density at radius 3 is 2.58 bits per heavy atom. The average molecular weight is 491 g/mol. The fraction of sp³-hybridized carbons (Fsp3) is 0.367. The van der Waals surface area contributed by atoms with Crippen LogP contribution in [0.1, 0.15) is 60.7 Å². The number of rotatable bonds is 11. The van der Waals surface area contributed by atoms with Crippen molar-refractivity contribution in [1.82, 2.24) is 0 Å². The minimum absolute atomic E-state index is 0.185. The highest BCUT2D eigenvalue weighted by Gasteiger charge is 2.30. The highest BCUT2D eigenvalue weighted by molar-refractivity contribution is 6.00. The van der Waals surface area contributed by atoms with Gasteiger partial charge in [-0.3, -0.25) is 4.79 Å². The molecule has 1 heterocycles. The summed E-state index contributed by atoms with van der Waals surface area (Å²) in [7, 11) is 0. The third-order valence-corrected chi connectivity index (χ3v) is 6.14. The number of carbonyl (C=O) groups excluding carboxylic acids is 1. The zero-order chi connectivity index (χ0) is 25.5. The van der Waals surface area contributed by atoms with E-state index in [1.807, 2.05) is 57.2 Å². The van der Waals surface area contributed by atoms with Crippen LogP contribution in [0.4, 0.5) is 0 Å². The monoisotopic (exact) mass is 490 g/mol. The Morgan fingerprint density at radius 2 is 1.83 bits per heavy atom. The predicted molar refractivity (Wildman–Crippen MR) is 138 cm³/mol. The second-order valence-electron chi connectivity index (χ2n) is 9.54. The summed E-state index contributed by atoms with van der Waals surface area (Å²) in [5, 5.41) is 9.89. The van der Waals surface area contributed by atoms with Gasteiger partial charge in [0.2, 0.25) is 5.78 Å². The number of hydrogen-bond donors (Lipinski definition) is 1. The van der Waals surface area contributed by atoms with Gasteiger partial charge < -0.3 is 24.1 Å². The van der Waals surface area contributed by atoms with Crippen LogP contribution in [0, 0.1) is 0 Å². The summed E-state index contributed by atoms with van der Waals surface area (Å²) in [4.78, 5) is 13.3. The molecule has 1 aliphatic heterocycles. The van der Waals surface area contributed by atoms with Gasteiger partial charge in [-0.05, 0) is 62.9 Å². The summed E-state index contributed by atoms with van der Waals surface area (Å²) in [5.74, 6) is 2.13. The van der Waals surface area contributed by atoms with Crippen LogP contribution < -0.4 is 18.9 Å². The van der Waals surface area contributed by atoms with Crippen molar-refractivity contribution in [2.75, 3.05) is 13.2 Å². The highest BCUT2D eigenvalue weighted by atomic mass is 16.5. The third-order valence-electron chi connectivity index (χ3n) is 6.14. The van der Waals surface area contributed by atoms with Crippen molar-refractivity contribution >= 4 is 5.78 Å². The fourth-order valence-electron chi connectivity index (χ4n) is 4.18. The second-order valence-corrected chi connectivity index (χ2v) is 9.54. The average Bonchev–Trinajstić information content (AvgIpc) is 2.89. The molecule has 0 saturated heterocycles. The van der Waals surface area contributed by atoms with Crippen LogP contribution in [0.25, 0.3) is 0 Å². The van der Waals surface area contributed by atoms with E-state index in [4.69, 9.17) is 18.9 Å². The highest BCUT2D eigenvalue weighted by Crippen LogP contribution is 2.40. The molecule has 0 radical (unpaired) electrons. The Hall–Kier alpha value is -3.51. The lowest BCUT2D eigenvalue weighted by atomic mass is 9.92. The molecular formula is C30H34O6. The molecule has 1 N–H and O–H groups in total. The van der Waals surface area contributed by atoms with Crippen molar-refractivity contribution in [3.63, 3.8) is 0 Å². The largest absolute Gasteiger partial charge is 0.493 e. The number of fused-ring (bicyclic) bond motifs is 1. The zero-order valence-electron chi connectivity index (χ0n) is 21.2. The van der Waals surface area contributed by atoms with E-state index < -0.39 is 0 Å². The topological polar surface area (TPSA) is 74.2 Å². The molecule has 0 aromatic heterocycles. The van der Waals surface area contributed by atoms with Crippen molar-refractivity contribution in [3.05, 3.63) is 82.9 Å². The summed E-state index contributed by atoms with van der Waals surface area (Å²) >= 11 is 0. The van der Waals surface area contributed by atoms with Crippen molar-refractivity contribution in [3.8, 4) is 23.0 Å². The Morgan fingerprint density at radius 1 is 1.03 bits per heavy atom. The number of hydrogen-bond acceptors (Lipinski definition) is 6. The Bertz CT molecular complexity index is 1190. The van der Waals surface area contributed by atoms with Gasteiger partial charge in [0.15, 0.2) is 6.61 Å². The first-order chi connectivity index (χ1) is 17.4. The number of aliphatic hydroxyl groups is 1. The number of Topliss-reactive ketones (excluding diaryl/α,β-unsaturated/α-hetero) is 1. The first kappa shape index (κ1) is 25.6. The van der Waals surface area contributed by atoms with Crippen LogP contribution in [0.5, 0.6) is 23.0 Å². The number of ketones is 1. The molecule has 0 fully saturated rings. The first-order valence-corrected chi connectivity index (χ1v) is 12.4. The van der Waals surface area contributed by atoms with Crippen LogP contribution in [0.3, 0.4) is 0 Å². The van der Waals surface area contributed by atoms with Crippen LogP contribution >= 0.6 is 0 Å². The molecule has 1 aliphatic rings. The van der Waals surface area contributed by atoms with Gasteiger partial charge in [-0.1, -0.05) is 37.3 Å². The van der Waals surface area contributed by atoms with E-state index in [0.29, 0.717) is 41.6 Å². The zero-order valence-corrected chi connectivity index (χ0v) is 21.2. The van der Waals surface area contributed by atoms with E-state index >= 15 is 0 Å². The molecule has 6 heteroatoms. The summed E-state index contributed by atoms with van der Waals surface area (Å²) in [6.45, 7) is 6.66. The van der Waals surface area contributed by atoms with Gasteiger partial charge in [0.05, 0.1) is 18.8 Å². The SMILES string of the molecule is CCCOc1ccc(C(=O)COc2c(CO)ccc3c2CCC(C)(C)O3)c(OCc2ccccc2)c1. The fourth-order valence-corrected chi connectivity index (χ4v) is 4.18. The minimum Gasteiger partial charge on any atom is -0.493 e. The standard InChI is InChI=1S/C30H34O6/c1-4-16-33-23-11-12-24(28(17-23)34-19-21-8-6-5-7-9-21)26(32)20-35-29-22(18-31)10-13-27-25(29)14-15-30(2,3)36-27/h5-13,17,31H,4,14-16,18-20H2,1-3H3. The van der Waals surface area contributed by atoms with E-state index in [2.05, 4.69) is 0 Å². The molecule has 36 heavy (non-hydrogen) atoms. The molecule has 0 unspecified atom stereocenters. The molecule has 0 aliphatic carbocycles. The third kappa shape index (κ3) is 6.18. The maximum atomic E-state index is 13.3. The maximum Gasteiger partial charge on any atom is 0.203 e. The van der Waals surface area contributed by atoms with Gasteiger partial charge in [-0.25, -0.2) is 0 Å². The van der Waals surface area contributed by atoms with Gasteiger partial charge in [-0.2, -0.15) is 0 Å². The van der Waals surface area contributed by atoms with Crippen molar-refractivity contribution in [1.29, 1.82) is 0 Å². The number of carbonyl (C=O) groups is 1. The molecule has 190 valence electrons. The molecule has 0 atom stereocenters. The molecule has 0 spiro atoms. The summed E-state index contributed by atoms with van der Waals surface area (Å²) in [6, 6.07) is 18.7. The van der Waals surface area contributed by atoms with Crippen LogP contribution in [0.15, 0.2) is 60.7 Å². The quantitative estimate of drug-likeness (QED) is 0.337. The molecule has 0 amide bonds. The summed E-state index contributed by atoms with van der Waals surface area (Å²) < 4.78 is 24.0. The number of benzene rings is 3. The van der Waals surface area contributed by atoms with Crippen LogP contribution in [0.2, 0.25) is 0 Å². The number of aliphatic hydroxyl groups excluding tert-OH is 1. The minimum atomic E-state index is -0.270. The smallest absolute Gasteiger partial charge is 0.203 e. The predicted octanol–water partition coefficient (Wildman–Crippen LogP) is 5.91. The van der Waals surface area contributed by atoms with Crippen molar-refractivity contribution < 1.29 is 28.8 Å². The molecule has 3 aromatic rings. The first-order valence-electron chi connectivity index (χ1n) is 12.4. The molecular weight excluding hydrogens is 456 g/mol. The van der Waals surface area contributed by atoms with E-state index in [-0.39, 0.29) is 24.6 Å². The lowest BCUT2D eigenvalue weighted by Gasteiger charge is -2.33. The van der Waals surface area contributed by atoms with E-state index in [1.54, 1.807) is 24.3 Å². The van der Waals surface area contributed by atoms with Gasteiger partial charge in [0.25, 0.3) is 0 Å².